The van der Waals surface area contributed by atoms with Crippen molar-refractivity contribution in [2.75, 3.05) is 7.11 Å². The number of esters is 1. The number of rotatable bonds is 2. The van der Waals surface area contributed by atoms with Crippen LogP contribution in [-0.2, 0) is 16.0 Å². The topological polar surface area (TPSA) is 54.1 Å². The molecule has 0 spiro atoms. The van der Waals surface area contributed by atoms with Crippen molar-refractivity contribution in [1.29, 1.82) is 0 Å². The first kappa shape index (κ1) is 13.9. The summed E-state index contributed by atoms with van der Waals surface area (Å²) in [5.74, 6) is -0.218. The summed E-state index contributed by atoms with van der Waals surface area (Å²) in [6.07, 6.45) is 4.79. The normalized spacial score (nSPS) is 20.9. The fourth-order valence-electron chi connectivity index (χ4n) is 3.06. The summed E-state index contributed by atoms with van der Waals surface area (Å²) in [5, 5.41) is 4.65. The molecule has 0 unspecified atom stereocenters. The van der Waals surface area contributed by atoms with Crippen molar-refractivity contribution in [3.05, 3.63) is 47.2 Å². The number of allylic oxidation sites excluding steroid dienone is 1. The molecule has 1 aliphatic heterocycles. The predicted molar refractivity (Wildman–Crippen MR) is 83.1 cm³/mol. The minimum atomic E-state index is -0.331. The monoisotopic (exact) mass is 284 g/mol. The summed E-state index contributed by atoms with van der Waals surface area (Å²) in [5.41, 5.74) is 4.69. The maximum atomic E-state index is 12.0. The van der Waals surface area contributed by atoms with Gasteiger partial charge in [-0.05, 0) is 31.0 Å². The molecule has 0 amide bonds. The van der Waals surface area contributed by atoms with Crippen LogP contribution in [-0.4, -0.2) is 24.1 Å². The van der Waals surface area contributed by atoms with Crippen molar-refractivity contribution in [2.45, 2.75) is 32.4 Å². The molecular weight excluding hydrogens is 264 g/mol. The molecule has 4 heteroatoms. The first-order chi connectivity index (χ1) is 10.1. The number of nitrogens with one attached hydrogen (secondary N) is 2. The van der Waals surface area contributed by atoms with Crippen molar-refractivity contribution in [3.63, 3.8) is 0 Å². The highest BCUT2D eigenvalue weighted by Crippen LogP contribution is 2.32. The summed E-state index contributed by atoms with van der Waals surface area (Å²) in [6.45, 7) is 4.13. The SMILES string of the molecule is COC(=O)[C@H]1Cc2c[nH]c3cccc(c23)[C@H](C=C(C)C)N1. The molecule has 1 aliphatic rings. The van der Waals surface area contributed by atoms with Crippen LogP contribution in [0, 0.1) is 0 Å². The van der Waals surface area contributed by atoms with E-state index in [0.29, 0.717) is 6.42 Å². The predicted octanol–water partition coefficient (Wildman–Crippen LogP) is 2.86. The van der Waals surface area contributed by atoms with Crippen molar-refractivity contribution in [3.8, 4) is 0 Å². The Kier molecular flexibility index (Phi) is 3.55. The van der Waals surface area contributed by atoms with Crippen LogP contribution in [0.1, 0.15) is 31.0 Å². The van der Waals surface area contributed by atoms with E-state index in [2.05, 4.69) is 42.4 Å². The number of hydrogen-bond acceptors (Lipinski definition) is 3. The van der Waals surface area contributed by atoms with Crippen LogP contribution in [0.3, 0.4) is 0 Å². The summed E-state index contributed by atoms with van der Waals surface area (Å²) in [7, 11) is 1.44. The largest absolute Gasteiger partial charge is 0.468 e. The van der Waals surface area contributed by atoms with Crippen LogP contribution >= 0.6 is 0 Å². The van der Waals surface area contributed by atoms with Gasteiger partial charge in [-0.25, -0.2) is 0 Å². The highest BCUT2D eigenvalue weighted by Gasteiger charge is 2.29. The van der Waals surface area contributed by atoms with Crippen molar-refractivity contribution >= 4 is 16.9 Å². The van der Waals surface area contributed by atoms with Gasteiger partial charge in [0.2, 0.25) is 0 Å². The number of aromatic nitrogens is 1. The zero-order valence-electron chi connectivity index (χ0n) is 12.6. The Bertz CT molecular complexity index is 711. The van der Waals surface area contributed by atoms with Gasteiger partial charge >= 0.3 is 5.97 Å². The molecule has 1 aromatic heterocycles. The fraction of sp³-hybridized carbons (Fsp3) is 0.353. The molecule has 0 fully saturated rings. The molecule has 2 atom stereocenters. The van der Waals surface area contributed by atoms with E-state index in [0.717, 1.165) is 11.1 Å². The van der Waals surface area contributed by atoms with Crippen LogP contribution in [0.4, 0.5) is 0 Å². The van der Waals surface area contributed by atoms with Crippen LogP contribution in [0.5, 0.6) is 0 Å². The first-order valence-electron chi connectivity index (χ1n) is 7.18. The minimum Gasteiger partial charge on any atom is -0.468 e. The average Bonchev–Trinajstić information content (AvgIpc) is 2.80. The second kappa shape index (κ2) is 5.37. The van der Waals surface area contributed by atoms with Gasteiger partial charge in [0.1, 0.15) is 6.04 Å². The lowest BCUT2D eigenvalue weighted by atomic mass is 9.99. The van der Waals surface area contributed by atoms with Crippen LogP contribution in [0.25, 0.3) is 10.9 Å². The number of benzene rings is 1. The highest BCUT2D eigenvalue weighted by atomic mass is 16.5. The summed E-state index contributed by atoms with van der Waals surface area (Å²) < 4.78 is 4.94. The Hall–Kier alpha value is -2.07. The molecule has 0 radical (unpaired) electrons. The van der Waals surface area contributed by atoms with E-state index in [1.807, 2.05) is 12.3 Å². The fourth-order valence-corrected chi connectivity index (χ4v) is 3.06. The zero-order valence-corrected chi connectivity index (χ0v) is 12.6. The number of aromatic amines is 1. The Balaban J connectivity index is 2.16. The van der Waals surface area contributed by atoms with E-state index in [9.17, 15) is 4.79 Å². The second-order valence-electron chi connectivity index (χ2n) is 5.75. The molecule has 4 nitrogen and oxygen atoms in total. The standard InChI is InChI=1S/C17H20N2O2/c1-10(2)7-14-12-5-4-6-13-16(12)11(9-18-13)8-15(19-14)17(20)21-3/h4-7,9,14-15,18-19H,8H2,1-3H3/t14-,15+/m0/s1. The van der Waals surface area contributed by atoms with Gasteiger partial charge in [-0.1, -0.05) is 23.8 Å². The summed E-state index contributed by atoms with van der Waals surface area (Å²) in [4.78, 5) is 15.3. The molecule has 0 bridgehead atoms. The van der Waals surface area contributed by atoms with E-state index in [-0.39, 0.29) is 18.1 Å². The quantitative estimate of drug-likeness (QED) is 0.658. The van der Waals surface area contributed by atoms with Gasteiger partial charge in [0.25, 0.3) is 0 Å². The molecule has 1 aromatic carbocycles. The Morgan fingerprint density at radius 2 is 2.19 bits per heavy atom. The minimum absolute atomic E-state index is 0.0137. The molecule has 2 heterocycles. The molecule has 0 saturated heterocycles. The number of ether oxygens (including phenoxy) is 1. The molecule has 21 heavy (non-hydrogen) atoms. The van der Waals surface area contributed by atoms with Gasteiger partial charge in [-0.15, -0.1) is 0 Å². The van der Waals surface area contributed by atoms with Gasteiger partial charge in [0.05, 0.1) is 13.2 Å². The first-order valence-corrected chi connectivity index (χ1v) is 7.18. The van der Waals surface area contributed by atoms with E-state index >= 15 is 0 Å². The van der Waals surface area contributed by atoms with Crippen LogP contribution < -0.4 is 5.32 Å². The molecular formula is C17H20N2O2. The molecule has 2 N–H and O–H groups in total. The Labute approximate surface area is 124 Å². The lowest BCUT2D eigenvalue weighted by Gasteiger charge is -2.20. The van der Waals surface area contributed by atoms with Gasteiger partial charge in [0.15, 0.2) is 0 Å². The number of H-pyrrole nitrogens is 1. The number of methoxy groups -OCH3 is 1. The summed E-state index contributed by atoms with van der Waals surface area (Å²) in [6, 6.07) is 5.92. The third-order valence-corrected chi connectivity index (χ3v) is 3.95. The van der Waals surface area contributed by atoms with Gasteiger partial charge < -0.3 is 9.72 Å². The van der Waals surface area contributed by atoms with Crippen LogP contribution in [0.15, 0.2) is 36.0 Å². The number of carbonyl (C=O) groups is 1. The maximum absolute atomic E-state index is 12.0. The van der Waals surface area contributed by atoms with Crippen molar-refractivity contribution < 1.29 is 9.53 Å². The molecule has 110 valence electrons. The number of carbonyl (C=O) groups excluding carboxylic acids is 1. The van der Waals surface area contributed by atoms with Crippen molar-refractivity contribution in [1.82, 2.24) is 10.3 Å². The lowest BCUT2D eigenvalue weighted by molar-refractivity contribution is -0.143. The molecule has 2 aromatic rings. The van der Waals surface area contributed by atoms with Gasteiger partial charge in [0, 0.05) is 23.5 Å². The third kappa shape index (κ3) is 2.47. The summed E-state index contributed by atoms with van der Waals surface area (Å²) >= 11 is 0. The van der Waals surface area contributed by atoms with E-state index in [1.165, 1.54) is 23.6 Å². The lowest BCUT2D eigenvalue weighted by Crippen LogP contribution is -2.40. The Morgan fingerprint density at radius 3 is 2.90 bits per heavy atom. The van der Waals surface area contributed by atoms with Gasteiger partial charge in [-0.3, -0.25) is 10.1 Å². The molecule has 3 rings (SSSR count). The zero-order chi connectivity index (χ0) is 15.0. The highest BCUT2D eigenvalue weighted by molar-refractivity contribution is 5.89. The average molecular weight is 284 g/mol. The van der Waals surface area contributed by atoms with Crippen molar-refractivity contribution in [2.24, 2.45) is 0 Å². The number of hydrogen-bond donors (Lipinski definition) is 2. The smallest absolute Gasteiger partial charge is 0.323 e. The van der Waals surface area contributed by atoms with E-state index in [4.69, 9.17) is 4.74 Å². The van der Waals surface area contributed by atoms with E-state index in [1.54, 1.807) is 0 Å². The van der Waals surface area contributed by atoms with Gasteiger partial charge in [-0.2, -0.15) is 0 Å². The molecule has 0 saturated carbocycles. The molecule has 0 aliphatic carbocycles. The maximum Gasteiger partial charge on any atom is 0.323 e. The van der Waals surface area contributed by atoms with E-state index < -0.39 is 0 Å². The van der Waals surface area contributed by atoms with Crippen LogP contribution in [0.2, 0.25) is 0 Å². The Morgan fingerprint density at radius 1 is 1.38 bits per heavy atom. The third-order valence-electron chi connectivity index (χ3n) is 3.95. The second-order valence-corrected chi connectivity index (χ2v) is 5.75.